The molecule has 4 heteroatoms. The molecule has 0 aromatic carbocycles. The fourth-order valence-electron chi connectivity index (χ4n) is 0. The van der Waals surface area contributed by atoms with Crippen molar-refractivity contribution in [1.82, 2.24) is 0 Å². The molecule has 0 rings (SSSR count). The molecule has 0 heterocycles. The Morgan fingerprint density at radius 2 is 1.33 bits per heavy atom. The summed E-state index contributed by atoms with van der Waals surface area (Å²) in [4.78, 5) is 9.34. The first-order chi connectivity index (χ1) is 3.94. The number of rotatable bonds is 0. The molecule has 0 radical (unpaired) electrons. The Labute approximate surface area is 51.9 Å². The van der Waals surface area contributed by atoms with Gasteiger partial charge in [-0.25, -0.2) is 0 Å². The quantitative estimate of drug-likeness (QED) is 0.506. The third-order valence-electron chi connectivity index (χ3n) is 0.399. The average Bonchev–Trinajstić information content (AvgIpc) is 1.69. The first-order valence-corrected chi connectivity index (χ1v) is 2.52. The molecule has 0 unspecified atom stereocenters. The van der Waals surface area contributed by atoms with Gasteiger partial charge in [-0.2, -0.15) is 13.2 Å². The molecule has 0 aromatic rings. The fourth-order valence-corrected chi connectivity index (χ4v) is 0. The molecular weight excluding hydrogens is 133 g/mol. The summed E-state index contributed by atoms with van der Waals surface area (Å²) in [7, 11) is 0. The van der Waals surface area contributed by atoms with E-state index in [0.29, 0.717) is 6.92 Å². The Balaban J connectivity index is 0. The maximum Gasteiger partial charge on any atom is 0.449 e. The molecule has 1 nitrogen and oxygen atoms in total. The number of alkyl halides is 3. The molecular formula is C5H9F3O. The van der Waals surface area contributed by atoms with Gasteiger partial charge in [0.25, 0.3) is 0 Å². The van der Waals surface area contributed by atoms with Crippen molar-refractivity contribution in [1.29, 1.82) is 0 Å². The highest BCUT2D eigenvalue weighted by molar-refractivity contribution is 5.81. The van der Waals surface area contributed by atoms with Crippen LogP contribution in [0.3, 0.4) is 0 Å². The van der Waals surface area contributed by atoms with Crippen molar-refractivity contribution in [2.45, 2.75) is 26.9 Å². The minimum Gasteiger partial charge on any atom is -0.290 e. The standard InChI is InChI=1S/C3H3F3O.C2H6/c1-2(7)3(4,5)6;1-2/h1H3;1-2H3. The lowest BCUT2D eigenvalue weighted by Crippen LogP contribution is -2.18. The van der Waals surface area contributed by atoms with Crippen LogP contribution in [0, 0.1) is 0 Å². The summed E-state index contributed by atoms with van der Waals surface area (Å²) in [5.41, 5.74) is 0. The second-order valence-corrected chi connectivity index (χ2v) is 1.05. The van der Waals surface area contributed by atoms with E-state index in [4.69, 9.17) is 0 Å². The van der Waals surface area contributed by atoms with E-state index in [1.165, 1.54) is 0 Å². The van der Waals surface area contributed by atoms with E-state index in [-0.39, 0.29) is 0 Å². The van der Waals surface area contributed by atoms with E-state index in [1.807, 2.05) is 13.8 Å². The summed E-state index contributed by atoms with van der Waals surface area (Å²) in [6, 6.07) is 0. The van der Waals surface area contributed by atoms with Gasteiger partial charge in [0, 0.05) is 6.92 Å². The zero-order valence-electron chi connectivity index (χ0n) is 5.54. The Morgan fingerprint density at radius 1 is 1.22 bits per heavy atom. The predicted octanol–water partition coefficient (Wildman–Crippen LogP) is 2.16. The lowest BCUT2D eigenvalue weighted by molar-refractivity contribution is -0.168. The van der Waals surface area contributed by atoms with Gasteiger partial charge in [-0.05, 0) is 0 Å². The largest absolute Gasteiger partial charge is 0.449 e. The minimum absolute atomic E-state index is 0.486. The van der Waals surface area contributed by atoms with Crippen LogP contribution < -0.4 is 0 Å². The van der Waals surface area contributed by atoms with E-state index in [0.717, 1.165) is 0 Å². The van der Waals surface area contributed by atoms with Crippen LogP contribution in [0.4, 0.5) is 13.2 Å². The van der Waals surface area contributed by atoms with Crippen molar-refractivity contribution in [3.05, 3.63) is 0 Å². The minimum atomic E-state index is -4.64. The molecule has 0 aliphatic rings. The normalized spacial score (nSPS) is 9.56. The second kappa shape index (κ2) is 4.35. The summed E-state index contributed by atoms with van der Waals surface area (Å²) in [6.45, 7) is 4.49. The van der Waals surface area contributed by atoms with Crippen molar-refractivity contribution in [3.63, 3.8) is 0 Å². The van der Waals surface area contributed by atoms with Crippen LogP contribution in [0.25, 0.3) is 0 Å². The third-order valence-corrected chi connectivity index (χ3v) is 0.399. The topological polar surface area (TPSA) is 17.1 Å². The number of halogens is 3. The van der Waals surface area contributed by atoms with E-state index in [2.05, 4.69) is 0 Å². The summed E-state index contributed by atoms with van der Waals surface area (Å²) >= 11 is 0. The van der Waals surface area contributed by atoms with Crippen LogP contribution in [-0.4, -0.2) is 12.0 Å². The Bertz CT molecular complexity index is 84.7. The van der Waals surface area contributed by atoms with Crippen molar-refractivity contribution >= 4 is 5.78 Å². The molecule has 0 aliphatic heterocycles. The zero-order chi connectivity index (χ0) is 8.08. The maximum absolute atomic E-state index is 10.8. The van der Waals surface area contributed by atoms with E-state index in [9.17, 15) is 18.0 Å². The summed E-state index contributed by atoms with van der Waals surface area (Å²) < 4.78 is 32.5. The van der Waals surface area contributed by atoms with Crippen molar-refractivity contribution in [2.75, 3.05) is 0 Å². The summed E-state index contributed by atoms with van der Waals surface area (Å²) in [6.07, 6.45) is -4.64. The molecule has 0 aliphatic carbocycles. The van der Waals surface area contributed by atoms with Crippen LogP contribution in [0.1, 0.15) is 20.8 Å². The molecule has 0 amide bonds. The van der Waals surface area contributed by atoms with Gasteiger partial charge in [-0.3, -0.25) is 4.79 Å². The number of hydrogen-bond acceptors (Lipinski definition) is 1. The van der Waals surface area contributed by atoms with Gasteiger partial charge < -0.3 is 0 Å². The van der Waals surface area contributed by atoms with E-state index in [1.54, 1.807) is 0 Å². The molecule has 0 fully saturated rings. The second-order valence-electron chi connectivity index (χ2n) is 1.05. The van der Waals surface area contributed by atoms with Gasteiger partial charge in [0.05, 0.1) is 0 Å². The van der Waals surface area contributed by atoms with Gasteiger partial charge in [0.2, 0.25) is 5.78 Å². The monoisotopic (exact) mass is 142 g/mol. The van der Waals surface area contributed by atoms with Gasteiger partial charge in [-0.15, -0.1) is 0 Å². The predicted molar refractivity (Wildman–Crippen MR) is 28.1 cm³/mol. The number of hydrogen-bond donors (Lipinski definition) is 0. The third kappa shape index (κ3) is 7.46. The Morgan fingerprint density at radius 3 is 1.33 bits per heavy atom. The fraction of sp³-hybridized carbons (Fsp3) is 0.800. The summed E-state index contributed by atoms with van der Waals surface area (Å²) in [5.74, 6) is -1.76. The molecule has 0 spiro atoms. The Hall–Kier alpha value is -0.540. The first kappa shape index (κ1) is 11.3. The number of Topliss-reactive ketones (excluding diaryl/α,β-unsaturated/α-hetero) is 1. The van der Waals surface area contributed by atoms with E-state index < -0.39 is 12.0 Å². The van der Waals surface area contributed by atoms with Crippen molar-refractivity contribution in [3.8, 4) is 0 Å². The molecule has 0 N–H and O–H groups in total. The Kier molecular flexibility index (Phi) is 5.45. The summed E-state index contributed by atoms with van der Waals surface area (Å²) in [5, 5.41) is 0. The highest BCUT2D eigenvalue weighted by atomic mass is 19.4. The molecule has 0 saturated heterocycles. The maximum atomic E-state index is 10.8. The van der Waals surface area contributed by atoms with Crippen LogP contribution in [0.2, 0.25) is 0 Å². The average molecular weight is 142 g/mol. The van der Waals surface area contributed by atoms with Crippen LogP contribution in [-0.2, 0) is 4.79 Å². The lowest BCUT2D eigenvalue weighted by atomic mass is 10.5. The number of carbonyl (C=O) groups is 1. The molecule has 0 saturated carbocycles. The van der Waals surface area contributed by atoms with Crippen LogP contribution in [0.15, 0.2) is 0 Å². The van der Waals surface area contributed by atoms with Crippen molar-refractivity contribution in [2.24, 2.45) is 0 Å². The zero-order valence-corrected chi connectivity index (χ0v) is 5.54. The van der Waals surface area contributed by atoms with Gasteiger partial charge >= 0.3 is 6.18 Å². The SMILES string of the molecule is CC.CC(=O)C(F)(F)F. The molecule has 0 bridgehead atoms. The lowest BCUT2D eigenvalue weighted by Gasteiger charge is -1.95. The van der Waals surface area contributed by atoms with Crippen LogP contribution in [0.5, 0.6) is 0 Å². The number of carbonyl (C=O) groups excluding carboxylic acids is 1. The molecule has 56 valence electrons. The molecule has 0 atom stereocenters. The molecule has 0 aromatic heterocycles. The highest BCUT2D eigenvalue weighted by Crippen LogP contribution is 2.14. The van der Waals surface area contributed by atoms with Gasteiger partial charge in [-0.1, -0.05) is 13.8 Å². The van der Waals surface area contributed by atoms with Gasteiger partial charge in [0.15, 0.2) is 0 Å². The number of ketones is 1. The smallest absolute Gasteiger partial charge is 0.290 e. The van der Waals surface area contributed by atoms with Crippen LogP contribution >= 0.6 is 0 Å². The first-order valence-electron chi connectivity index (χ1n) is 2.52. The van der Waals surface area contributed by atoms with Gasteiger partial charge in [0.1, 0.15) is 0 Å². The molecule has 9 heavy (non-hydrogen) atoms. The highest BCUT2D eigenvalue weighted by Gasteiger charge is 2.33. The van der Waals surface area contributed by atoms with Crippen molar-refractivity contribution < 1.29 is 18.0 Å². The van der Waals surface area contributed by atoms with E-state index >= 15 is 0 Å².